The molecule has 0 saturated carbocycles. The van der Waals surface area contributed by atoms with Crippen LogP contribution in [0.15, 0.2) is 18.2 Å². The second-order valence-corrected chi connectivity index (χ2v) is 7.79. The maximum atomic E-state index is 14.3. The minimum Gasteiger partial charge on any atom is -0.381 e. The van der Waals surface area contributed by atoms with Crippen molar-refractivity contribution in [2.45, 2.75) is 38.1 Å². The van der Waals surface area contributed by atoms with Crippen LogP contribution in [0.5, 0.6) is 0 Å². The molecule has 0 bridgehead atoms. The largest absolute Gasteiger partial charge is 0.381 e. The van der Waals surface area contributed by atoms with E-state index >= 15 is 0 Å². The standard InChI is InChI=1S/C20H31FN6O2/c21-16-13-15(25-18-3-4-19(28)26-20(18)29)1-2-17(16)24-10-9-23-8-5-14-6-11-27(22)12-7-14/h1-2,13-14,18,23-25H,3-12,22H2,(H,26,28,29). The predicted octanol–water partition coefficient (Wildman–Crippen LogP) is 1.02. The maximum Gasteiger partial charge on any atom is 0.249 e. The molecule has 3 rings (SSSR count). The first-order valence-electron chi connectivity index (χ1n) is 10.4. The molecule has 1 aromatic carbocycles. The van der Waals surface area contributed by atoms with Crippen LogP contribution in [0.25, 0.3) is 0 Å². The lowest BCUT2D eigenvalue weighted by molar-refractivity contribution is -0.133. The Morgan fingerprint density at radius 2 is 1.93 bits per heavy atom. The van der Waals surface area contributed by atoms with Crippen LogP contribution in [-0.4, -0.2) is 55.6 Å². The molecule has 0 aromatic heterocycles. The van der Waals surface area contributed by atoms with Crippen LogP contribution in [-0.2, 0) is 9.59 Å². The Bertz CT molecular complexity index is 708. The van der Waals surface area contributed by atoms with Crippen molar-refractivity contribution in [3.8, 4) is 0 Å². The van der Waals surface area contributed by atoms with Gasteiger partial charge >= 0.3 is 0 Å². The minimum absolute atomic E-state index is 0.270. The molecule has 29 heavy (non-hydrogen) atoms. The fourth-order valence-electron chi connectivity index (χ4n) is 3.74. The summed E-state index contributed by atoms with van der Waals surface area (Å²) < 4.78 is 14.3. The molecule has 160 valence electrons. The van der Waals surface area contributed by atoms with Gasteiger partial charge in [-0.05, 0) is 56.3 Å². The summed E-state index contributed by atoms with van der Waals surface area (Å²) in [6, 6.07) is 4.23. The van der Waals surface area contributed by atoms with E-state index < -0.39 is 6.04 Å². The van der Waals surface area contributed by atoms with E-state index in [2.05, 4.69) is 21.3 Å². The summed E-state index contributed by atoms with van der Waals surface area (Å²) in [7, 11) is 0. The van der Waals surface area contributed by atoms with E-state index in [1.54, 1.807) is 12.1 Å². The second kappa shape index (κ2) is 10.5. The molecule has 1 unspecified atom stereocenters. The molecule has 6 N–H and O–H groups in total. The third-order valence-electron chi connectivity index (χ3n) is 5.54. The van der Waals surface area contributed by atoms with E-state index in [-0.39, 0.29) is 24.1 Å². The molecule has 0 spiro atoms. The molecule has 9 heteroatoms. The number of imide groups is 1. The predicted molar refractivity (Wildman–Crippen MR) is 111 cm³/mol. The molecular weight excluding hydrogens is 375 g/mol. The molecule has 1 atom stereocenters. The lowest BCUT2D eigenvalue weighted by Gasteiger charge is -2.28. The molecule has 2 aliphatic heterocycles. The van der Waals surface area contributed by atoms with Gasteiger partial charge in [0.15, 0.2) is 0 Å². The van der Waals surface area contributed by atoms with Gasteiger partial charge in [-0.15, -0.1) is 0 Å². The number of benzene rings is 1. The Morgan fingerprint density at radius 3 is 2.66 bits per heavy atom. The van der Waals surface area contributed by atoms with Gasteiger partial charge in [-0.2, -0.15) is 0 Å². The summed E-state index contributed by atoms with van der Waals surface area (Å²) in [5, 5.41) is 13.6. The quantitative estimate of drug-likeness (QED) is 0.236. The number of nitrogens with two attached hydrogens (primary N) is 1. The summed E-state index contributed by atoms with van der Waals surface area (Å²) in [5.74, 6) is 5.48. The van der Waals surface area contributed by atoms with E-state index in [1.807, 2.05) is 5.01 Å². The number of hydrazine groups is 1. The highest BCUT2D eigenvalue weighted by Gasteiger charge is 2.26. The summed E-state index contributed by atoms with van der Waals surface area (Å²) >= 11 is 0. The molecule has 2 amide bonds. The van der Waals surface area contributed by atoms with Gasteiger partial charge in [-0.25, -0.2) is 9.40 Å². The van der Waals surface area contributed by atoms with Crippen LogP contribution in [0.1, 0.15) is 32.1 Å². The minimum atomic E-state index is -0.521. The van der Waals surface area contributed by atoms with Crippen LogP contribution in [0, 0.1) is 11.7 Å². The number of piperidine rings is 2. The van der Waals surface area contributed by atoms with E-state index in [9.17, 15) is 14.0 Å². The zero-order chi connectivity index (χ0) is 20.6. The zero-order valence-corrected chi connectivity index (χ0v) is 16.7. The van der Waals surface area contributed by atoms with Crippen molar-refractivity contribution in [1.82, 2.24) is 15.6 Å². The number of hydrogen-bond donors (Lipinski definition) is 5. The monoisotopic (exact) mass is 406 g/mol. The SMILES string of the molecule is NN1CCC(CCNCCNc2ccc(NC3CCC(=O)NC3=O)cc2F)CC1. The lowest BCUT2D eigenvalue weighted by Crippen LogP contribution is -2.47. The van der Waals surface area contributed by atoms with E-state index in [1.165, 1.54) is 6.07 Å². The Balaban J connectivity index is 1.34. The van der Waals surface area contributed by atoms with Crippen molar-refractivity contribution in [3.63, 3.8) is 0 Å². The molecule has 1 aromatic rings. The van der Waals surface area contributed by atoms with Crippen LogP contribution in [0.2, 0.25) is 0 Å². The number of amides is 2. The second-order valence-electron chi connectivity index (χ2n) is 7.79. The van der Waals surface area contributed by atoms with E-state index in [0.717, 1.165) is 51.4 Å². The molecule has 2 heterocycles. The number of anilines is 2. The molecule has 0 radical (unpaired) electrons. The fraction of sp³-hybridized carbons (Fsp3) is 0.600. The van der Waals surface area contributed by atoms with Crippen molar-refractivity contribution in [1.29, 1.82) is 0 Å². The number of nitrogens with zero attached hydrogens (tertiary/aromatic N) is 1. The number of carbonyl (C=O) groups excluding carboxylic acids is 2. The molecule has 2 fully saturated rings. The summed E-state index contributed by atoms with van der Waals surface area (Å²) in [6.07, 6.45) is 4.14. The number of hydrogen-bond acceptors (Lipinski definition) is 7. The van der Waals surface area contributed by atoms with Crippen molar-refractivity contribution in [2.75, 3.05) is 43.4 Å². The fourth-order valence-corrected chi connectivity index (χ4v) is 3.74. The summed E-state index contributed by atoms with van der Waals surface area (Å²) in [4.78, 5) is 23.0. The van der Waals surface area contributed by atoms with Gasteiger partial charge in [0.05, 0.1) is 5.69 Å². The number of nitrogens with one attached hydrogen (secondary N) is 4. The highest BCUT2D eigenvalue weighted by molar-refractivity contribution is 6.01. The molecule has 2 aliphatic rings. The Kier molecular flexibility index (Phi) is 7.79. The molecule has 2 saturated heterocycles. The summed E-state index contributed by atoms with van der Waals surface area (Å²) in [5.41, 5.74) is 0.945. The van der Waals surface area contributed by atoms with Crippen molar-refractivity contribution in [3.05, 3.63) is 24.0 Å². The van der Waals surface area contributed by atoms with Crippen molar-refractivity contribution < 1.29 is 14.0 Å². The van der Waals surface area contributed by atoms with E-state index in [4.69, 9.17) is 5.84 Å². The average molecular weight is 407 g/mol. The summed E-state index contributed by atoms with van der Waals surface area (Å²) in [6.45, 7) is 4.28. The van der Waals surface area contributed by atoms with Crippen LogP contribution in [0.4, 0.5) is 15.8 Å². The third-order valence-corrected chi connectivity index (χ3v) is 5.54. The van der Waals surface area contributed by atoms with Gasteiger partial charge in [0, 0.05) is 38.3 Å². The molecular formula is C20H31FN6O2. The topological polar surface area (TPSA) is 112 Å². The normalized spacial score (nSPS) is 21.1. The lowest BCUT2D eigenvalue weighted by atomic mass is 9.94. The van der Waals surface area contributed by atoms with Gasteiger partial charge in [0.1, 0.15) is 11.9 Å². The van der Waals surface area contributed by atoms with Gasteiger partial charge in [0.25, 0.3) is 0 Å². The van der Waals surface area contributed by atoms with Crippen LogP contribution < -0.4 is 27.1 Å². The van der Waals surface area contributed by atoms with Crippen molar-refractivity contribution >= 4 is 23.2 Å². The number of carbonyl (C=O) groups is 2. The first-order chi connectivity index (χ1) is 14.0. The maximum absolute atomic E-state index is 14.3. The van der Waals surface area contributed by atoms with Gasteiger partial charge in [-0.1, -0.05) is 0 Å². The highest BCUT2D eigenvalue weighted by atomic mass is 19.1. The van der Waals surface area contributed by atoms with E-state index in [0.29, 0.717) is 24.3 Å². The smallest absolute Gasteiger partial charge is 0.249 e. The highest BCUT2D eigenvalue weighted by Crippen LogP contribution is 2.21. The Hall–Kier alpha value is -2.23. The van der Waals surface area contributed by atoms with Crippen molar-refractivity contribution in [2.24, 2.45) is 11.8 Å². The first kappa shape index (κ1) is 21.5. The Morgan fingerprint density at radius 1 is 1.14 bits per heavy atom. The number of halogens is 1. The number of rotatable bonds is 9. The Labute approximate surface area is 170 Å². The van der Waals surface area contributed by atoms with Gasteiger partial charge in [0.2, 0.25) is 11.8 Å². The first-order valence-corrected chi connectivity index (χ1v) is 10.4. The van der Waals surface area contributed by atoms with Gasteiger partial charge in [-0.3, -0.25) is 20.7 Å². The van der Waals surface area contributed by atoms with Crippen LogP contribution in [0.3, 0.4) is 0 Å². The average Bonchev–Trinajstić information content (AvgIpc) is 2.69. The molecule has 0 aliphatic carbocycles. The van der Waals surface area contributed by atoms with Crippen LogP contribution >= 0.6 is 0 Å². The van der Waals surface area contributed by atoms with Gasteiger partial charge < -0.3 is 16.0 Å². The molecule has 8 nitrogen and oxygen atoms in total. The zero-order valence-electron chi connectivity index (χ0n) is 16.7. The third kappa shape index (κ3) is 6.66.